The summed E-state index contributed by atoms with van der Waals surface area (Å²) in [6, 6.07) is 4.65. The third kappa shape index (κ3) is 3.79. The highest BCUT2D eigenvalue weighted by Crippen LogP contribution is 2.20. The van der Waals surface area contributed by atoms with Crippen molar-refractivity contribution in [3.63, 3.8) is 0 Å². The zero-order valence-corrected chi connectivity index (χ0v) is 13.2. The number of hydrogen-bond acceptors (Lipinski definition) is 5. The van der Waals surface area contributed by atoms with Crippen molar-refractivity contribution in [1.82, 2.24) is 24.8 Å². The van der Waals surface area contributed by atoms with Gasteiger partial charge in [0.25, 0.3) is 0 Å². The van der Waals surface area contributed by atoms with Crippen molar-refractivity contribution < 1.29 is 8.42 Å². The second kappa shape index (κ2) is 6.52. The van der Waals surface area contributed by atoms with E-state index in [1.807, 2.05) is 0 Å². The SMILES string of the molecule is CNCc1ccc(S(=O)(=O)NCc2nncn2C)cc1Cl. The summed E-state index contributed by atoms with van der Waals surface area (Å²) in [7, 11) is -0.105. The van der Waals surface area contributed by atoms with Gasteiger partial charge in [0, 0.05) is 18.6 Å². The summed E-state index contributed by atoms with van der Waals surface area (Å²) >= 11 is 6.08. The number of aromatic nitrogens is 3. The molecule has 7 nitrogen and oxygen atoms in total. The fourth-order valence-electron chi connectivity index (χ4n) is 1.74. The number of hydrogen-bond donors (Lipinski definition) is 2. The first-order valence-corrected chi connectivity index (χ1v) is 8.05. The lowest BCUT2D eigenvalue weighted by Crippen LogP contribution is -2.24. The van der Waals surface area contributed by atoms with Gasteiger partial charge in [-0.1, -0.05) is 17.7 Å². The number of benzene rings is 1. The standard InChI is InChI=1S/C12H16ClN5O2S/c1-14-6-9-3-4-10(5-11(9)13)21(19,20)16-7-12-17-15-8-18(12)2/h3-5,8,14,16H,6-7H2,1-2H3. The Bertz CT molecular complexity index is 729. The molecular weight excluding hydrogens is 314 g/mol. The third-order valence-corrected chi connectivity index (χ3v) is 4.68. The molecule has 0 saturated heterocycles. The number of nitrogens with zero attached hydrogens (tertiary/aromatic N) is 3. The molecule has 0 unspecified atom stereocenters. The summed E-state index contributed by atoms with van der Waals surface area (Å²) in [5, 5.41) is 10.9. The Morgan fingerprint density at radius 1 is 1.33 bits per heavy atom. The first-order valence-electron chi connectivity index (χ1n) is 6.19. The minimum atomic E-state index is -3.64. The zero-order chi connectivity index (χ0) is 15.5. The van der Waals surface area contributed by atoms with Gasteiger partial charge in [-0.25, -0.2) is 13.1 Å². The minimum absolute atomic E-state index is 0.0642. The summed E-state index contributed by atoms with van der Waals surface area (Å²) in [5.74, 6) is 0.525. The average molecular weight is 330 g/mol. The van der Waals surface area contributed by atoms with Crippen LogP contribution in [-0.4, -0.2) is 30.2 Å². The Balaban J connectivity index is 2.16. The van der Waals surface area contributed by atoms with Gasteiger partial charge in [0.1, 0.15) is 12.2 Å². The van der Waals surface area contributed by atoms with E-state index >= 15 is 0 Å². The lowest BCUT2D eigenvalue weighted by atomic mass is 10.2. The van der Waals surface area contributed by atoms with E-state index in [2.05, 4.69) is 20.2 Å². The monoisotopic (exact) mass is 329 g/mol. The van der Waals surface area contributed by atoms with E-state index in [0.717, 1.165) is 5.56 Å². The number of sulfonamides is 1. The number of rotatable bonds is 6. The van der Waals surface area contributed by atoms with Crippen molar-refractivity contribution >= 4 is 21.6 Å². The second-order valence-corrected chi connectivity index (χ2v) is 6.64. The molecule has 2 rings (SSSR count). The molecule has 9 heteroatoms. The molecule has 114 valence electrons. The van der Waals surface area contributed by atoms with Gasteiger partial charge in [-0.15, -0.1) is 10.2 Å². The average Bonchev–Trinajstić information content (AvgIpc) is 2.84. The minimum Gasteiger partial charge on any atom is -0.320 e. The third-order valence-electron chi connectivity index (χ3n) is 2.93. The van der Waals surface area contributed by atoms with Crippen LogP contribution in [-0.2, 0) is 30.2 Å². The lowest BCUT2D eigenvalue weighted by molar-refractivity contribution is 0.577. The Morgan fingerprint density at radius 3 is 2.67 bits per heavy atom. The van der Waals surface area contributed by atoms with Crippen molar-refractivity contribution in [3.8, 4) is 0 Å². The van der Waals surface area contributed by atoms with Gasteiger partial charge < -0.3 is 9.88 Å². The smallest absolute Gasteiger partial charge is 0.241 e. The maximum absolute atomic E-state index is 12.2. The van der Waals surface area contributed by atoms with E-state index in [1.54, 1.807) is 24.7 Å². The topological polar surface area (TPSA) is 88.9 Å². The van der Waals surface area contributed by atoms with Crippen molar-refractivity contribution in [1.29, 1.82) is 0 Å². The van der Waals surface area contributed by atoms with Gasteiger partial charge in [0.15, 0.2) is 0 Å². The van der Waals surface area contributed by atoms with E-state index in [0.29, 0.717) is 17.4 Å². The molecule has 0 atom stereocenters. The number of nitrogens with one attached hydrogen (secondary N) is 2. The van der Waals surface area contributed by atoms with Gasteiger partial charge in [0.2, 0.25) is 10.0 Å². The molecule has 0 aliphatic carbocycles. The van der Waals surface area contributed by atoms with Crippen molar-refractivity contribution in [2.75, 3.05) is 7.05 Å². The van der Waals surface area contributed by atoms with Gasteiger partial charge in [-0.2, -0.15) is 0 Å². The molecule has 0 amide bonds. The Kier molecular flexibility index (Phi) is 4.94. The van der Waals surface area contributed by atoms with Crippen molar-refractivity contribution in [2.24, 2.45) is 7.05 Å². The van der Waals surface area contributed by atoms with E-state index in [9.17, 15) is 8.42 Å². The molecule has 0 bridgehead atoms. The van der Waals surface area contributed by atoms with Crippen LogP contribution in [0.15, 0.2) is 29.4 Å². The molecular formula is C12H16ClN5O2S. The van der Waals surface area contributed by atoms with E-state index < -0.39 is 10.0 Å². The van der Waals surface area contributed by atoms with E-state index in [-0.39, 0.29) is 11.4 Å². The van der Waals surface area contributed by atoms with Crippen LogP contribution in [0, 0.1) is 0 Å². The van der Waals surface area contributed by atoms with E-state index in [1.165, 1.54) is 18.5 Å². The predicted molar refractivity (Wildman–Crippen MR) is 79.2 cm³/mol. The highest BCUT2D eigenvalue weighted by Gasteiger charge is 2.16. The highest BCUT2D eigenvalue weighted by molar-refractivity contribution is 7.89. The Labute approximate surface area is 128 Å². The zero-order valence-electron chi connectivity index (χ0n) is 11.7. The van der Waals surface area contributed by atoms with Crippen LogP contribution in [0.3, 0.4) is 0 Å². The molecule has 0 spiro atoms. The summed E-state index contributed by atoms with van der Waals surface area (Å²) in [4.78, 5) is 0.120. The van der Waals surface area contributed by atoms with Gasteiger partial charge in [-0.05, 0) is 24.7 Å². The molecule has 0 fully saturated rings. The fraction of sp³-hybridized carbons (Fsp3) is 0.333. The maximum Gasteiger partial charge on any atom is 0.241 e. The molecule has 2 aromatic rings. The van der Waals surface area contributed by atoms with Gasteiger partial charge in [0.05, 0.1) is 11.4 Å². The first kappa shape index (κ1) is 15.9. The highest BCUT2D eigenvalue weighted by atomic mass is 35.5. The maximum atomic E-state index is 12.2. The first-order chi connectivity index (χ1) is 9.94. The van der Waals surface area contributed by atoms with Crippen LogP contribution >= 0.6 is 11.6 Å². The molecule has 1 aromatic heterocycles. The summed E-state index contributed by atoms with van der Waals surface area (Å²) in [5.41, 5.74) is 0.839. The molecule has 0 aliphatic heterocycles. The summed E-state index contributed by atoms with van der Waals surface area (Å²) in [6.45, 7) is 0.639. The quantitative estimate of drug-likeness (QED) is 0.813. The molecule has 0 saturated carbocycles. The van der Waals surface area contributed by atoms with Crippen molar-refractivity contribution in [3.05, 3.63) is 40.9 Å². The lowest BCUT2D eigenvalue weighted by Gasteiger charge is -2.09. The van der Waals surface area contributed by atoms with Gasteiger partial charge >= 0.3 is 0 Å². The molecule has 1 aromatic carbocycles. The van der Waals surface area contributed by atoms with Crippen LogP contribution < -0.4 is 10.0 Å². The molecule has 0 radical (unpaired) electrons. The van der Waals surface area contributed by atoms with Crippen LogP contribution in [0.2, 0.25) is 5.02 Å². The Morgan fingerprint density at radius 2 is 2.10 bits per heavy atom. The van der Waals surface area contributed by atoms with Crippen molar-refractivity contribution in [2.45, 2.75) is 18.0 Å². The van der Waals surface area contributed by atoms with E-state index in [4.69, 9.17) is 11.6 Å². The number of halogens is 1. The van der Waals surface area contributed by atoms with Crippen LogP contribution in [0.4, 0.5) is 0 Å². The second-order valence-electron chi connectivity index (χ2n) is 4.47. The fourth-order valence-corrected chi connectivity index (χ4v) is 3.06. The van der Waals surface area contributed by atoms with Crippen LogP contribution in [0.5, 0.6) is 0 Å². The van der Waals surface area contributed by atoms with Crippen LogP contribution in [0.1, 0.15) is 11.4 Å². The molecule has 21 heavy (non-hydrogen) atoms. The Hall–Kier alpha value is -1.48. The summed E-state index contributed by atoms with van der Waals surface area (Å²) in [6.07, 6.45) is 1.51. The molecule has 1 heterocycles. The van der Waals surface area contributed by atoms with Crippen LogP contribution in [0.25, 0.3) is 0 Å². The summed E-state index contributed by atoms with van der Waals surface area (Å²) < 4.78 is 28.6. The molecule has 0 aliphatic rings. The van der Waals surface area contributed by atoms with Gasteiger partial charge in [-0.3, -0.25) is 0 Å². The predicted octanol–water partition coefficient (Wildman–Crippen LogP) is 0.666. The largest absolute Gasteiger partial charge is 0.320 e. The normalized spacial score (nSPS) is 11.8. The number of aryl methyl sites for hydroxylation is 1. The molecule has 2 N–H and O–H groups in total.